The standard InChI is InChI=1S/C16H27FN2O2/c1-4-14(5-2)19(8-9-20)11-12(3)16(21)15-7-6-13(17)10-18-15/h6-7,10,12,14,16,20-21H,4-5,8-9,11H2,1-3H3. The van der Waals surface area contributed by atoms with Crippen molar-refractivity contribution in [2.24, 2.45) is 5.92 Å². The first-order chi connectivity index (χ1) is 10.0. The fraction of sp³-hybridized carbons (Fsp3) is 0.688. The lowest BCUT2D eigenvalue weighted by atomic mass is 9.99. The number of aliphatic hydroxyl groups is 2. The monoisotopic (exact) mass is 298 g/mol. The van der Waals surface area contributed by atoms with Crippen molar-refractivity contribution >= 4 is 0 Å². The smallest absolute Gasteiger partial charge is 0.141 e. The minimum Gasteiger partial charge on any atom is -0.395 e. The van der Waals surface area contributed by atoms with Gasteiger partial charge in [0.1, 0.15) is 5.82 Å². The molecule has 120 valence electrons. The molecule has 0 aliphatic heterocycles. The maximum absolute atomic E-state index is 12.9. The third kappa shape index (κ3) is 5.34. The number of halogens is 1. The SMILES string of the molecule is CCC(CC)N(CCO)CC(C)C(O)c1ccc(F)cn1. The molecule has 0 saturated heterocycles. The van der Waals surface area contributed by atoms with E-state index in [2.05, 4.69) is 23.7 Å². The zero-order chi connectivity index (χ0) is 15.8. The Morgan fingerprint density at radius 3 is 2.43 bits per heavy atom. The highest BCUT2D eigenvalue weighted by Gasteiger charge is 2.23. The van der Waals surface area contributed by atoms with Crippen LogP contribution in [0.4, 0.5) is 4.39 Å². The number of rotatable bonds is 9. The molecule has 0 saturated carbocycles. The summed E-state index contributed by atoms with van der Waals surface area (Å²) in [5.74, 6) is -0.451. The molecule has 0 radical (unpaired) electrons. The van der Waals surface area contributed by atoms with Crippen molar-refractivity contribution in [3.05, 3.63) is 29.8 Å². The Morgan fingerprint density at radius 2 is 1.95 bits per heavy atom. The summed E-state index contributed by atoms with van der Waals surface area (Å²) in [4.78, 5) is 6.15. The van der Waals surface area contributed by atoms with Crippen LogP contribution in [0.2, 0.25) is 0 Å². The highest BCUT2D eigenvalue weighted by molar-refractivity contribution is 5.09. The first-order valence-corrected chi connectivity index (χ1v) is 7.67. The molecule has 2 atom stereocenters. The van der Waals surface area contributed by atoms with Crippen molar-refractivity contribution in [1.29, 1.82) is 0 Å². The number of pyridine rings is 1. The second-order valence-corrected chi connectivity index (χ2v) is 5.51. The van der Waals surface area contributed by atoms with Crippen molar-refractivity contribution in [2.45, 2.75) is 45.8 Å². The maximum Gasteiger partial charge on any atom is 0.141 e. The van der Waals surface area contributed by atoms with Crippen LogP contribution in [0, 0.1) is 11.7 Å². The van der Waals surface area contributed by atoms with Gasteiger partial charge < -0.3 is 10.2 Å². The molecular weight excluding hydrogens is 271 g/mol. The second-order valence-electron chi connectivity index (χ2n) is 5.51. The van der Waals surface area contributed by atoms with Gasteiger partial charge in [-0.05, 0) is 25.0 Å². The molecule has 1 aromatic rings. The van der Waals surface area contributed by atoms with Gasteiger partial charge in [-0.25, -0.2) is 4.39 Å². The van der Waals surface area contributed by atoms with Gasteiger partial charge in [-0.3, -0.25) is 9.88 Å². The average Bonchev–Trinajstić information content (AvgIpc) is 2.48. The van der Waals surface area contributed by atoms with Gasteiger partial charge in [-0.1, -0.05) is 20.8 Å². The van der Waals surface area contributed by atoms with Gasteiger partial charge >= 0.3 is 0 Å². The van der Waals surface area contributed by atoms with Gasteiger partial charge in [-0.2, -0.15) is 0 Å². The molecule has 0 amide bonds. The minimum atomic E-state index is -0.735. The van der Waals surface area contributed by atoms with E-state index in [0.717, 1.165) is 19.0 Å². The molecule has 0 spiro atoms. The van der Waals surface area contributed by atoms with Crippen molar-refractivity contribution in [3.8, 4) is 0 Å². The number of hydrogen-bond donors (Lipinski definition) is 2. The van der Waals surface area contributed by atoms with Crippen LogP contribution in [0.25, 0.3) is 0 Å². The van der Waals surface area contributed by atoms with Crippen LogP contribution < -0.4 is 0 Å². The Hall–Kier alpha value is -1.04. The molecule has 0 aliphatic carbocycles. The van der Waals surface area contributed by atoms with E-state index >= 15 is 0 Å². The lowest BCUT2D eigenvalue weighted by Gasteiger charge is -2.33. The van der Waals surface area contributed by atoms with Crippen LogP contribution in [0.3, 0.4) is 0 Å². The summed E-state index contributed by atoms with van der Waals surface area (Å²) in [5.41, 5.74) is 0.484. The molecule has 1 heterocycles. The van der Waals surface area contributed by atoms with E-state index in [1.807, 2.05) is 6.92 Å². The van der Waals surface area contributed by atoms with E-state index in [0.29, 0.717) is 24.8 Å². The predicted molar refractivity (Wildman–Crippen MR) is 81.3 cm³/mol. The van der Waals surface area contributed by atoms with E-state index in [-0.39, 0.29) is 12.5 Å². The van der Waals surface area contributed by atoms with E-state index in [4.69, 9.17) is 0 Å². The average molecular weight is 298 g/mol. The van der Waals surface area contributed by atoms with Gasteiger partial charge in [0.05, 0.1) is 24.6 Å². The number of aromatic nitrogens is 1. The zero-order valence-electron chi connectivity index (χ0n) is 13.2. The van der Waals surface area contributed by atoms with Crippen LogP contribution in [0.5, 0.6) is 0 Å². The topological polar surface area (TPSA) is 56.6 Å². The minimum absolute atomic E-state index is 0.0462. The highest BCUT2D eigenvalue weighted by Crippen LogP contribution is 2.22. The molecule has 5 heteroatoms. The largest absolute Gasteiger partial charge is 0.395 e. The van der Waals surface area contributed by atoms with Gasteiger partial charge in [-0.15, -0.1) is 0 Å². The summed E-state index contributed by atoms with van der Waals surface area (Å²) in [7, 11) is 0. The first-order valence-electron chi connectivity index (χ1n) is 7.67. The first kappa shape index (κ1) is 18.0. The summed E-state index contributed by atoms with van der Waals surface area (Å²) >= 11 is 0. The van der Waals surface area contributed by atoms with Crippen LogP contribution in [0.1, 0.15) is 45.4 Å². The zero-order valence-corrected chi connectivity index (χ0v) is 13.2. The summed E-state index contributed by atoms with van der Waals surface area (Å²) in [6.45, 7) is 7.58. The van der Waals surface area contributed by atoms with Crippen molar-refractivity contribution in [1.82, 2.24) is 9.88 Å². The fourth-order valence-electron chi connectivity index (χ4n) is 2.68. The lowest BCUT2D eigenvalue weighted by molar-refractivity contribution is 0.0596. The highest BCUT2D eigenvalue weighted by atomic mass is 19.1. The molecule has 0 bridgehead atoms. The van der Waals surface area contributed by atoms with Crippen molar-refractivity contribution < 1.29 is 14.6 Å². The summed E-state index contributed by atoms with van der Waals surface area (Å²) in [6.07, 6.45) is 2.40. The number of aliphatic hydroxyl groups excluding tert-OH is 2. The van der Waals surface area contributed by atoms with Crippen LogP contribution in [0.15, 0.2) is 18.3 Å². The maximum atomic E-state index is 12.9. The Balaban J connectivity index is 2.71. The molecule has 0 aromatic carbocycles. The number of nitrogens with zero attached hydrogens (tertiary/aromatic N) is 2. The molecular formula is C16H27FN2O2. The van der Waals surface area contributed by atoms with Crippen molar-refractivity contribution in [2.75, 3.05) is 19.7 Å². The number of hydrogen-bond acceptors (Lipinski definition) is 4. The van der Waals surface area contributed by atoms with Crippen LogP contribution in [-0.2, 0) is 0 Å². The molecule has 1 aromatic heterocycles. The molecule has 0 fully saturated rings. The summed E-state index contributed by atoms with van der Waals surface area (Å²) in [6, 6.07) is 3.22. The Kier molecular flexibility index (Phi) is 7.78. The van der Waals surface area contributed by atoms with Crippen molar-refractivity contribution in [3.63, 3.8) is 0 Å². The van der Waals surface area contributed by atoms with Crippen LogP contribution in [-0.4, -0.2) is 45.8 Å². The normalized spacial score (nSPS) is 14.7. The lowest BCUT2D eigenvalue weighted by Crippen LogP contribution is -2.40. The van der Waals surface area contributed by atoms with Gasteiger partial charge in [0, 0.05) is 25.0 Å². The fourth-order valence-corrected chi connectivity index (χ4v) is 2.68. The van der Waals surface area contributed by atoms with Gasteiger partial charge in [0.15, 0.2) is 0 Å². The van der Waals surface area contributed by atoms with Crippen LogP contribution >= 0.6 is 0 Å². The Labute approximate surface area is 126 Å². The van der Waals surface area contributed by atoms with E-state index in [1.54, 1.807) is 0 Å². The van der Waals surface area contributed by atoms with E-state index in [1.165, 1.54) is 12.1 Å². The Bertz CT molecular complexity index is 396. The summed E-state index contributed by atoms with van der Waals surface area (Å²) in [5, 5.41) is 19.6. The molecule has 4 nitrogen and oxygen atoms in total. The quantitative estimate of drug-likeness (QED) is 0.735. The Morgan fingerprint density at radius 1 is 1.29 bits per heavy atom. The molecule has 2 unspecified atom stereocenters. The summed E-state index contributed by atoms with van der Waals surface area (Å²) < 4.78 is 12.9. The second kappa shape index (κ2) is 9.07. The van der Waals surface area contributed by atoms with E-state index in [9.17, 15) is 14.6 Å². The molecule has 1 rings (SSSR count). The van der Waals surface area contributed by atoms with E-state index < -0.39 is 11.9 Å². The predicted octanol–water partition coefficient (Wildman–Crippen LogP) is 2.37. The van der Waals surface area contributed by atoms with Gasteiger partial charge in [0.2, 0.25) is 0 Å². The molecule has 2 N–H and O–H groups in total. The molecule has 0 aliphatic rings. The molecule has 21 heavy (non-hydrogen) atoms. The third-order valence-corrected chi connectivity index (χ3v) is 3.96. The van der Waals surface area contributed by atoms with Gasteiger partial charge in [0.25, 0.3) is 0 Å². The third-order valence-electron chi connectivity index (χ3n) is 3.96.